The molecule has 0 N–H and O–H groups in total. The van der Waals surface area contributed by atoms with Gasteiger partial charge in [-0.3, -0.25) is 14.7 Å². The first-order valence-corrected chi connectivity index (χ1v) is 10.6. The highest BCUT2D eigenvalue weighted by atomic mass is 32.2. The molecule has 2 aromatic rings. The van der Waals surface area contributed by atoms with Crippen molar-refractivity contribution in [3.8, 4) is 0 Å². The predicted octanol–water partition coefficient (Wildman–Crippen LogP) is 3.91. The molecule has 0 radical (unpaired) electrons. The van der Waals surface area contributed by atoms with Gasteiger partial charge in [-0.2, -0.15) is 0 Å². The maximum absolute atomic E-state index is 12.5. The van der Waals surface area contributed by atoms with Crippen molar-refractivity contribution in [2.24, 2.45) is 0 Å². The van der Waals surface area contributed by atoms with Gasteiger partial charge >= 0.3 is 0 Å². The van der Waals surface area contributed by atoms with Crippen LogP contribution in [0.15, 0.2) is 60.3 Å². The summed E-state index contributed by atoms with van der Waals surface area (Å²) >= 11 is 1.70. The van der Waals surface area contributed by atoms with Gasteiger partial charge in [0.25, 0.3) is 0 Å². The molecule has 3 rings (SSSR count). The number of aromatic nitrogens is 1. The van der Waals surface area contributed by atoms with E-state index in [1.54, 1.807) is 11.8 Å². The average Bonchev–Trinajstić information content (AvgIpc) is 2.95. The molecule has 0 atom stereocenters. The van der Waals surface area contributed by atoms with Crippen molar-refractivity contribution in [1.82, 2.24) is 14.8 Å². The van der Waals surface area contributed by atoms with E-state index in [2.05, 4.69) is 45.6 Å². The molecular weight excluding hydrogens is 354 g/mol. The summed E-state index contributed by atoms with van der Waals surface area (Å²) in [6, 6.07) is 14.4. The van der Waals surface area contributed by atoms with Gasteiger partial charge in [0, 0.05) is 57.3 Å². The van der Waals surface area contributed by atoms with Crippen LogP contribution in [0.5, 0.6) is 0 Å². The molecule has 0 aliphatic carbocycles. The number of carbonyl (C=O) groups excluding carboxylic acids is 1. The Balaban J connectivity index is 1.37. The number of rotatable bonds is 7. The fourth-order valence-corrected chi connectivity index (χ4v) is 3.87. The first kappa shape index (κ1) is 19.6. The highest BCUT2D eigenvalue weighted by Gasteiger charge is 2.18. The number of thioether (sulfide) groups is 1. The molecule has 2 heterocycles. The molecule has 5 heteroatoms. The summed E-state index contributed by atoms with van der Waals surface area (Å²) in [5, 5.41) is 2.08. The lowest BCUT2D eigenvalue weighted by molar-refractivity contribution is -0.130. The molecule has 27 heavy (non-hydrogen) atoms. The summed E-state index contributed by atoms with van der Waals surface area (Å²) in [6.07, 6.45) is 7.42. The van der Waals surface area contributed by atoms with Crippen LogP contribution in [0.25, 0.3) is 6.08 Å². The average molecular weight is 382 g/mol. The number of pyridine rings is 1. The Labute approximate surface area is 166 Å². The van der Waals surface area contributed by atoms with E-state index < -0.39 is 0 Å². The van der Waals surface area contributed by atoms with E-state index in [9.17, 15) is 4.79 Å². The zero-order chi connectivity index (χ0) is 18.7. The van der Waals surface area contributed by atoms with E-state index in [0.29, 0.717) is 6.42 Å². The molecule has 142 valence electrons. The molecule has 0 unspecified atom stereocenters. The van der Waals surface area contributed by atoms with Gasteiger partial charge in [-0.25, -0.2) is 0 Å². The minimum atomic E-state index is 0.279. The van der Waals surface area contributed by atoms with E-state index in [-0.39, 0.29) is 5.91 Å². The molecule has 1 aromatic carbocycles. The van der Waals surface area contributed by atoms with E-state index in [1.807, 2.05) is 35.5 Å². The Hall–Kier alpha value is -2.11. The van der Waals surface area contributed by atoms with Crippen LogP contribution in [0.4, 0.5) is 0 Å². The van der Waals surface area contributed by atoms with Gasteiger partial charge in [-0.1, -0.05) is 30.3 Å². The molecule has 1 aliphatic heterocycles. The molecule has 1 amide bonds. The Morgan fingerprint density at radius 2 is 1.85 bits per heavy atom. The van der Waals surface area contributed by atoms with E-state index in [1.165, 1.54) is 11.1 Å². The van der Waals surface area contributed by atoms with Gasteiger partial charge in [0.15, 0.2) is 0 Å². The van der Waals surface area contributed by atoms with E-state index in [4.69, 9.17) is 0 Å². The largest absolute Gasteiger partial charge is 0.341 e. The lowest BCUT2D eigenvalue weighted by Crippen LogP contribution is -2.35. The molecule has 4 nitrogen and oxygen atoms in total. The summed E-state index contributed by atoms with van der Waals surface area (Å²) in [7, 11) is 0. The van der Waals surface area contributed by atoms with Crippen LogP contribution in [-0.2, 0) is 11.3 Å². The third kappa shape index (κ3) is 6.85. The third-order valence-corrected chi connectivity index (χ3v) is 5.46. The Morgan fingerprint density at radius 3 is 2.67 bits per heavy atom. The number of amides is 1. The standard InChI is InChI=1S/C22H27N3OS/c26-22(10-18-27-17-9-20-5-2-1-3-6-20)25-14-4-13-24(15-16-25)19-21-7-11-23-12-8-21/h1-3,5-9,11-12,17H,4,10,13-16,18-19H2. The molecular formula is C22H27N3OS. The summed E-state index contributed by atoms with van der Waals surface area (Å²) in [5.41, 5.74) is 2.48. The molecule has 0 saturated carbocycles. The van der Waals surface area contributed by atoms with Crippen LogP contribution >= 0.6 is 11.8 Å². The topological polar surface area (TPSA) is 36.4 Å². The Morgan fingerprint density at radius 1 is 1.04 bits per heavy atom. The molecule has 1 saturated heterocycles. The first-order chi connectivity index (χ1) is 13.3. The Bertz CT molecular complexity index is 721. The molecule has 1 aliphatic rings. The third-order valence-electron chi connectivity index (χ3n) is 4.69. The molecule has 1 fully saturated rings. The van der Waals surface area contributed by atoms with E-state index in [0.717, 1.165) is 44.9 Å². The molecule has 0 bridgehead atoms. The summed E-state index contributed by atoms with van der Waals surface area (Å²) in [6.45, 7) is 4.62. The van der Waals surface area contributed by atoms with Crippen molar-refractivity contribution in [2.75, 3.05) is 31.9 Å². The molecule has 1 aromatic heterocycles. The van der Waals surface area contributed by atoms with Gasteiger partial charge < -0.3 is 4.90 Å². The van der Waals surface area contributed by atoms with Crippen LogP contribution in [0, 0.1) is 0 Å². The van der Waals surface area contributed by atoms with E-state index >= 15 is 0 Å². The van der Waals surface area contributed by atoms with Crippen molar-refractivity contribution >= 4 is 23.7 Å². The minimum Gasteiger partial charge on any atom is -0.341 e. The lowest BCUT2D eigenvalue weighted by atomic mass is 10.2. The van der Waals surface area contributed by atoms with Crippen molar-refractivity contribution < 1.29 is 4.79 Å². The van der Waals surface area contributed by atoms with Crippen LogP contribution in [0.1, 0.15) is 24.0 Å². The quantitative estimate of drug-likeness (QED) is 0.682. The summed E-state index contributed by atoms with van der Waals surface area (Å²) < 4.78 is 0. The van der Waals surface area contributed by atoms with Crippen molar-refractivity contribution in [3.05, 3.63) is 71.4 Å². The van der Waals surface area contributed by atoms with Gasteiger partial charge in [-0.15, -0.1) is 11.8 Å². The number of hydrogen-bond acceptors (Lipinski definition) is 4. The smallest absolute Gasteiger partial charge is 0.223 e. The molecule has 0 spiro atoms. The SMILES string of the molecule is O=C(CCSC=Cc1ccccc1)N1CCCN(Cc2ccncc2)CC1. The summed E-state index contributed by atoms with van der Waals surface area (Å²) in [4.78, 5) is 21.0. The van der Waals surface area contributed by atoms with Gasteiger partial charge in [-0.05, 0) is 41.2 Å². The lowest BCUT2D eigenvalue weighted by Gasteiger charge is -2.22. The monoisotopic (exact) mass is 381 g/mol. The van der Waals surface area contributed by atoms with Gasteiger partial charge in [0.2, 0.25) is 5.91 Å². The Kier molecular flexibility index (Phi) is 7.93. The first-order valence-electron chi connectivity index (χ1n) is 9.53. The van der Waals surface area contributed by atoms with Crippen molar-refractivity contribution in [3.63, 3.8) is 0 Å². The number of carbonyl (C=O) groups is 1. The minimum absolute atomic E-state index is 0.279. The predicted molar refractivity (Wildman–Crippen MR) is 113 cm³/mol. The van der Waals surface area contributed by atoms with Crippen LogP contribution in [0.2, 0.25) is 0 Å². The zero-order valence-corrected chi connectivity index (χ0v) is 16.5. The van der Waals surface area contributed by atoms with Gasteiger partial charge in [0.05, 0.1) is 0 Å². The fourth-order valence-electron chi connectivity index (χ4n) is 3.19. The van der Waals surface area contributed by atoms with Crippen LogP contribution < -0.4 is 0 Å². The fraction of sp³-hybridized carbons (Fsp3) is 0.364. The second kappa shape index (κ2) is 10.9. The normalized spacial score (nSPS) is 15.8. The number of hydrogen-bond donors (Lipinski definition) is 0. The highest BCUT2D eigenvalue weighted by Crippen LogP contribution is 2.13. The van der Waals surface area contributed by atoms with Crippen molar-refractivity contribution in [2.45, 2.75) is 19.4 Å². The van der Waals surface area contributed by atoms with Crippen LogP contribution in [0.3, 0.4) is 0 Å². The second-order valence-corrected chi connectivity index (χ2v) is 7.71. The maximum atomic E-state index is 12.5. The maximum Gasteiger partial charge on any atom is 0.223 e. The van der Waals surface area contributed by atoms with Crippen LogP contribution in [-0.4, -0.2) is 52.6 Å². The second-order valence-electron chi connectivity index (χ2n) is 6.70. The van der Waals surface area contributed by atoms with Crippen molar-refractivity contribution in [1.29, 1.82) is 0 Å². The van der Waals surface area contributed by atoms with Gasteiger partial charge in [0.1, 0.15) is 0 Å². The highest BCUT2D eigenvalue weighted by molar-refractivity contribution is 8.02. The zero-order valence-electron chi connectivity index (χ0n) is 15.7. The summed E-state index contributed by atoms with van der Waals surface area (Å²) in [5.74, 6) is 1.11. The number of nitrogens with zero attached hydrogens (tertiary/aromatic N) is 3. The number of benzene rings is 1.